The second kappa shape index (κ2) is 9.39. The summed E-state index contributed by atoms with van der Waals surface area (Å²) in [5.74, 6) is -2.79. The fraction of sp³-hybridized carbons (Fsp3) is 0.400. The van der Waals surface area contributed by atoms with Crippen LogP contribution in [0, 0.1) is 11.6 Å². The highest BCUT2D eigenvalue weighted by Gasteiger charge is 2.26. The Morgan fingerprint density at radius 2 is 1.74 bits per heavy atom. The molecule has 0 aliphatic carbocycles. The van der Waals surface area contributed by atoms with Gasteiger partial charge in [0.25, 0.3) is 11.8 Å². The van der Waals surface area contributed by atoms with E-state index in [0.29, 0.717) is 0 Å². The summed E-state index contributed by atoms with van der Waals surface area (Å²) in [6.45, 7) is 4.36. The molecule has 0 bridgehead atoms. The molecule has 1 aromatic rings. The molecule has 146 valence electrons. The van der Waals surface area contributed by atoms with Crippen molar-refractivity contribution in [2.24, 2.45) is 0 Å². The Hall–Kier alpha value is -2.57. The van der Waals surface area contributed by atoms with E-state index >= 15 is 0 Å². The van der Waals surface area contributed by atoms with Crippen molar-refractivity contribution in [1.82, 2.24) is 9.80 Å². The maximum atomic E-state index is 13.3. The van der Waals surface area contributed by atoms with Crippen LogP contribution in [0.5, 0.6) is 0 Å². The van der Waals surface area contributed by atoms with Crippen LogP contribution in [0.2, 0.25) is 0 Å². The van der Waals surface area contributed by atoms with Crippen molar-refractivity contribution in [2.45, 2.75) is 26.4 Å². The number of allylic oxidation sites excluding steroid dienone is 2. The van der Waals surface area contributed by atoms with Crippen LogP contribution >= 0.6 is 0 Å². The van der Waals surface area contributed by atoms with Crippen LogP contribution in [0.15, 0.2) is 42.0 Å². The molecule has 0 N–H and O–H groups in total. The van der Waals surface area contributed by atoms with Gasteiger partial charge in [-0.2, -0.15) is 0 Å². The normalized spacial score (nSPS) is 16.7. The number of hydrogen-bond acceptors (Lipinski definition) is 2. The number of alkyl halides is 1. The summed E-state index contributed by atoms with van der Waals surface area (Å²) in [6.07, 6.45) is 4.14. The van der Waals surface area contributed by atoms with Gasteiger partial charge in [0.2, 0.25) is 0 Å². The van der Waals surface area contributed by atoms with E-state index in [-0.39, 0.29) is 43.2 Å². The molecule has 0 spiro atoms. The number of amides is 2. The molecular formula is C20H23F3N2O2. The lowest BCUT2D eigenvalue weighted by atomic mass is 10.1. The molecule has 1 heterocycles. The number of rotatable bonds is 5. The zero-order valence-electron chi connectivity index (χ0n) is 15.4. The van der Waals surface area contributed by atoms with E-state index in [1.807, 2.05) is 6.92 Å². The first-order chi connectivity index (χ1) is 12.8. The molecule has 1 atom stereocenters. The van der Waals surface area contributed by atoms with Crippen LogP contribution in [-0.4, -0.2) is 54.0 Å². The average Bonchev–Trinajstić information content (AvgIpc) is 2.66. The molecule has 7 heteroatoms. The fourth-order valence-corrected chi connectivity index (χ4v) is 2.80. The predicted octanol–water partition coefficient (Wildman–Crippen LogP) is 3.50. The van der Waals surface area contributed by atoms with E-state index in [4.69, 9.17) is 0 Å². The van der Waals surface area contributed by atoms with Gasteiger partial charge in [0.1, 0.15) is 6.17 Å². The Kier molecular flexibility index (Phi) is 7.21. The van der Waals surface area contributed by atoms with Gasteiger partial charge in [0.15, 0.2) is 11.6 Å². The zero-order chi connectivity index (χ0) is 20.0. The Bertz CT molecular complexity index is 752. The van der Waals surface area contributed by atoms with Gasteiger partial charge in [0, 0.05) is 37.3 Å². The number of halogens is 3. The minimum atomic E-state index is -1.25. The molecule has 4 nitrogen and oxygen atoms in total. The molecule has 1 aliphatic heterocycles. The topological polar surface area (TPSA) is 40.6 Å². The van der Waals surface area contributed by atoms with Crippen LogP contribution in [0.1, 0.15) is 30.6 Å². The van der Waals surface area contributed by atoms with Gasteiger partial charge in [0.05, 0.1) is 0 Å². The van der Waals surface area contributed by atoms with E-state index in [0.717, 1.165) is 18.6 Å². The number of carbonyl (C=O) groups excluding carboxylic acids is 2. The summed E-state index contributed by atoms with van der Waals surface area (Å²) in [5, 5.41) is 0. The highest BCUT2D eigenvalue weighted by molar-refractivity contribution is 5.97. The Morgan fingerprint density at radius 1 is 1.11 bits per heavy atom. The van der Waals surface area contributed by atoms with Crippen LogP contribution in [0.3, 0.4) is 0 Å². The molecule has 1 aliphatic rings. The number of benzene rings is 1. The van der Waals surface area contributed by atoms with Gasteiger partial charge in [-0.25, -0.2) is 13.2 Å². The second-order valence-corrected chi connectivity index (χ2v) is 6.32. The number of carbonyl (C=O) groups is 2. The van der Waals surface area contributed by atoms with Crippen LogP contribution in [0.25, 0.3) is 0 Å². The lowest BCUT2D eigenvalue weighted by molar-refractivity contribution is -0.128. The highest BCUT2D eigenvalue weighted by Crippen LogP contribution is 2.15. The quantitative estimate of drug-likeness (QED) is 0.580. The molecule has 2 rings (SSSR count). The van der Waals surface area contributed by atoms with Crippen molar-refractivity contribution in [3.63, 3.8) is 0 Å². The SMILES string of the molecule is CC/C=C\C(=C/C(C)F)C(=O)N1CCN(C(=O)c2ccc(F)c(F)c2)CC1. The summed E-state index contributed by atoms with van der Waals surface area (Å²) in [7, 11) is 0. The van der Waals surface area contributed by atoms with E-state index in [2.05, 4.69) is 0 Å². The fourth-order valence-electron chi connectivity index (χ4n) is 2.80. The largest absolute Gasteiger partial charge is 0.335 e. The smallest absolute Gasteiger partial charge is 0.254 e. The van der Waals surface area contributed by atoms with Crippen molar-refractivity contribution >= 4 is 11.8 Å². The van der Waals surface area contributed by atoms with Gasteiger partial charge < -0.3 is 9.80 Å². The summed E-state index contributed by atoms with van der Waals surface area (Å²) < 4.78 is 39.7. The molecule has 1 aromatic carbocycles. The number of piperazine rings is 1. The third-order valence-electron chi connectivity index (χ3n) is 4.21. The van der Waals surface area contributed by atoms with Crippen molar-refractivity contribution in [2.75, 3.05) is 26.2 Å². The van der Waals surface area contributed by atoms with Crippen molar-refractivity contribution in [3.8, 4) is 0 Å². The van der Waals surface area contributed by atoms with Gasteiger partial charge >= 0.3 is 0 Å². The molecule has 0 radical (unpaired) electrons. The lowest BCUT2D eigenvalue weighted by Crippen LogP contribution is -2.50. The molecular weight excluding hydrogens is 357 g/mol. The standard InChI is InChI=1S/C20H23F3N2O2/c1-3-4-5-15(12-14(2)21)19(26)24-8-10-25(11-9-24)20(27)16-6-7-17(22)18(23)13-16/h4-7,12-14H,3,8-11H2,1-2H3/b5-4-,15-12+. The minimum Gasteiger partial charge on any atom is -0.335 e. The van der Waals surface area contributed by atoms with Crippen molar-refractivity contribution in [3.05, 3.63) is 59.2 Å². The summed E-state index contributed by atoms with van der Waals surface area (Å²) in [5.41, 5.74) is 0.346. The first-order valence-corrected chi connectivity index (χ1v) is 8.89. The lowest BCUT2D eigenvalue weighted by Gasteiger charge is -2.35. The summed E-state index contributed by atoms with van der Waals surface area (Å²) >= 11 is 0. The molecule has 2 amide bonds. The van der Waals surface area contributed by atoms with Crippen molar-refractivity contribution < 1.29 is 22.8 Å². The number of nitrogens with zero attached hydrogens (tertiary/aromatic N) is 2. The molecule has 0 aromatic heterocycles. The molecule has 27 heavy (non-hydrogen) atoms. The zero-order valence-corrected chi connectivity index (χ0v) is 15.4. The Balaban J connectivity index is 2.03. The maximum Gasteiger partial charge on any atom is 0.254 e. The van der Waals surface area contributed by atoms with E-state index in [1.165, 1.54) is 24.0 Å². The minimum absolute atomic E-state index is 0.0615. The highest BCUT2D eigenvalue weighted by atomic mass is 19.2. The Morgan fingerprint density at radius 3 is 2.30 bits per heavy atom. The average molecular weight is 380 g/mol. The van der Waals surface area contributed by atoms with Gasteiger partial charge in [-0.05, 0) is 37.6 Å². The van der Waals surface area contributed by atoms with Gasteiger partial charge in [-0.3, -0.25) is 9.59 Å². The molecule has 1 fully saturated rings. The van der Waals surface area contributed by atoms with Gasteiger partial charge in [-0.1, -0.05) is 19.1 Å². The molecule has 1 unspecified atom stereocenters. The molecule has 1 saturated heterocycles. The third-order valence-corrected chi connectivity index (χ3v) is 4.21. The van der Waals surface area contributed by atoms with Crippen molar-refractivity contribution in [1.29, 1.82) is 0 Å². The Labute approximate surface area is 156 Å². The van der Waals surface area contributed by atoms with Crippen LogP contribution in [-0.2, 0) is 4.79 Å². The van der Waals surface area contributed by atoms with Gasteiger partial charge in [-0.15, -0.1) is 0 Å². The predicted molar refractivity (Wildman–Crippen MR) is 96.9 cm³/mol. The van der Waals surface area contributed by atoms with E-state index in [9.17, 15) is 22.8 Å². The van der Waals surface area contributed by atoms with E-state index in [1.54, 1.807) is 17.1 Å². The van der Waals surface area contributed by atoms with E-state index < -0.39 is 23.7 Å². The summed E-state index contributed by atoms with van der Waals surface area (Å²) in [6, 6.07) is 3.02. The molecule has 0 saturated carbocycles. The summed E-state index contributed by atoms with van der Waals surface area (Å²) in [4.78, 5) is 28.1. The second-order valence-electron chi connectivity index (χ2n) is 6.32. The number of hydrogen-bond donors (Lipinski definition) is 0. The maximum absolute atomic E-state index is 13.3. The van der Waals surface area contributed by atoms with Crippen LogP contribution in [0.4, 0.5) is 13.2 Å². The third kappa shape index (κ3) is 5.45. The first-order valence-electron chi connectivity index (χ1n) is 8.89. The first kappa shape index (κ1) is 20.7. The monoisotopic (exact) mass is 380 g/mol. The van der Waals surface area contributed by atoms with Crippen LogP contribution < -0.4 is 0 Å².